The molecule has 1 saturated heterocycles. The minimum Gasteiger partial charge on any atom is -0.389 e. The molecule has 3 N–H and O–H groups in total. The summed E-state index contributed by atoms with van der Waals surface area (Å²) in [6.45, 7) is -0.177. The maximum Gasteiger partial charge on any atom is 0.246 e. The van der Waals surface area contributed by atoms with Gasteiger partial charge < -0.3 is 10.2 Å². The van der Waals surface area contributed by atoms with E-state index in [1.54, 1.807) is 0 Å². The largest absolute Gasteiger partial charge is 0.389 e. The SMILES string of the molecule is O=S(=O)(c1cn[nH]c1)N1C[C@@H](O)[C@@H](O)C1. The molecule has 0 amide bonds. The minimum atomic E-state index is -3.64. The second-order valence-corrected chi connectivity index (χ2v) is 5.33. The van der Waals surface area contributed by atoms with Gasteiger partial charge in [-0.15, -0.1) is 0 Å². The van der Waals surface area contributed by atoms with Crippen LogP contribution < -0.4 is 0 Å². The van der Waals surface area contributed by atoms with Gasteiger partial charge in [0.25, 0.3) is 0 Å². The van der Waals surface area contributed by atoms with Crippen LogP contribution in [0.15, 0.2) is 17.3 Å². The third-order valence-corrected chi connectivity index (χ3v) is 4.13. The van der Waals surface area contributed by atoms with Gasteiger partial charge in [-0.3, -0.25) is 5.10 Å². The third-order valence-electron chi connectivity index (χ3n) is 2.34. The third kappa shape index (κ3) is 1.76. The molecule has 1 aromatic heterocycles. The number of hydrogen-bond donors (Lipinski definition) is 3. The summed E-state index contributed by atoms with van der Waals surface area (Å²) in [4.78, 5) is 0.0313. The number of nitrogens with one attached hydrogen (secondary N) is 1. The fourth-order valence-corrected chi connectivity index (χ4v) is 2.84. The molecule has 1 fully saturated rings. The second kappa shape index (κ2) is 3.56. The monoisotopic (exact) mass is 233 g/mol. The van der Waals surface area contributed by atoms with Crippen molar-refractivity contribution in [3.8, 4) is 0 Å². The number of aliphatic hydroxyl groups excluding tert-OH is 2. The van der Waals surface area contributed by atoms with Crippen LogP contribution in [0.1, 0.15) is 0 Å². The molecule has 84 valence electrons. The summed E-state index contributed by atoms with van der Waals surface area (Å²) in [5.41, 5.74) is 0. The van der Waals surface area contributed by atoms with Gasteiger partial charge in [-0.25, -0.2) is 8.42 Å². The molecule has 2 heterocycles. The van der Waals surface area contributed by atoms with Gasteiger partial charge in [0.15, 0.2) is 0 Å². The Hall–Kier alpha value is -0.960. The lowest BCUT2D eigenvalue weighted by atomic mass is 10.3. The average Bonchev–Trinajstić information content (AvgIpc) is 2.77. The fraction of sp³-hybridized carbons (Fsp3) is 0.571. The van der Waals surface area contributed by atoms with Crippen LogP contribution in [-0.2, 0) is 10.0 Å². The molecule has 1 aliphatic heterocycles. The Kier molecular flexibility index (Phi) is 2.51. The number of aliphatic hydroxyl groups is 2. The number of H-pyrrole nitrogens is 1. The van der Waals surface area contributed by atoms with Crippen molar-refractivity contribution in [1.29, 1.82) is 0 Å². The van der Waals surface area contributed by atoms with E-state index >= 15 is 0 Å². The van der Waals surface area contributed by atoms with Crippen LogP contribution in [0.25, 0.3) is 0 Å². The highest BCUT2D eigenvalue weighted by Crippen LogP contribution is 2.20. The average molecular weight is 233 g/mol. The molecule has 0 aromatic carbocycles. The summed E-state index contributed by atoms with van der Waals surface area (Å²) in [5, 5.41) is 24.4. The van der Waals surface area contributed by atoms with Crippen LogP contribution in [0.4, 0.5) is 0 Å². The van der Waals surface area contributed by atoms with Crippen LogP contribution in [0.5, 0.6) is 0 Å². The summed E-state index contributed by atoms with van der Waals surface area (Å²) in [6, 6.07) is 0. The first-order valence-electron chi connectivity index (χ1n) is 4.37. The lowest BCUT2D eigenvalue weighted by Gasteiger charge is -2.13. The number of sulfonamides is 1. The number of aromatic nitrogens is 2. The van der Waals surface area contributed by atoms with Gasteiger partial charge in [0.2, 0.25) is 10.0 Å². The predicted molar refractivity (Wildman–Crippen MR) is 49.4 cm³/mol. The van der Waals surface area contributed by atoms with Crippen LogP contribution in [0, 0.1) is 0 Å². The van der Waals surface area contributed by atoms with Gasteiger partial charge in [-0.2, -0.15) is 9.40 Å². The molecule has 0 aliphatic carbocycles. The Labute approximate surface area is 86.4 Å². The normalized spacial score (nSPS) is 28.4. The molecule has 15 heavy (non-hydrogen) atoms. The van der Waals surface area contributed by atoms with E-state index in [2.05, 4.69) is 10.2 Å². The molecule has 8 heteroatoms. The molecule has 0 bridgehead atoms. The quantitative estimate of drug-likeness (QED) is 0.555. The number of β-amino-alcohol motifs (C(OH)–C–C–N with tert-alkyl or cyclic N) is 2. The minimum absolute atomic E-state index is 0.0313. The molecule has 7 nitrogen and oxygen atoms in total. The van der Waals surface area contributed by atoms with E-state index in [1.165, 1.54) is 12.4 Å². The number of hydrogen-bond acceptors (Lipinski definition) is 5. The Morgan fingerprint density at radius 3 is 2.47 bits per heavy atom. The Morgan fingerprint density at radius 2 is 2.00 bits per heavy atom. The van der Waals surface area contributed by atoms with E-state index in [9.17, 15) is 18.6 Å². The van der Waals surface area contributed by atoms with E-state index in [0.717, 1.165) is 4.31 Å². The summed E-state index contributed by atoms with van der Waals surface area (Å²) in [5.74, 6) is 0. The molecule has 0 radical (unpaired) electrons. The molecule has 1 aromatic rings. The van der Waals surface area contributed by atoms with Crippen LogP contribution >= 0.6 is 0 Å². The smallest absolute Gasteiger partial charge is 0.246 e. The van der Waals surface area contributed by atoms with Crippen molar-refractivity contribution in [2.24, 2.45) is 0 Å². The van der Waals surface area contributed by atoms with Crippen molar-refractivity contribution in [3.63, 3.8) is 0 Å². The molecule has 0 unspecified atom stereocenters. The number of nitrogens with zero attached hydrogens (tertiary/aromatic N) is 2. The molecule has 1 aliphatic rings. The van der Waals surface area contributed by atoms with Gasteiger partial charge in [0.1, 0.15) is 4.90 Å². The summed E-state index contributed by atoms with van der Waals surface area (Å²) >= 11 is 0. The van der Waals surface area contributed by atoms with Crippen molar-refractivity contribution in [2.45, 2.75) is 17.1 Å². The van der Waals surface area contributed by atoms with Gasteiger partial charge in [-0.05, 0) is 0 Å². The Balaban J connectivity index is 2.25. The maximum atomic E-state index is 11.8. The Bertz CT molecular complexity index is 419. The molecular weight excluding hydrogens is 222 g/mol. The first kappa shape index (κ1) is 10.6. The van der Waals surface area contributed by atoms with Crippen molar-refractivity contribution in [3.05, 3.63) is 12.4 Å². The molecule has 2 atom stereocenters. The van der Waals surface area contributed by atoms with E-state index in [1.807, 2.05) is 0 Å². The summed E-state index contributed by atoms with van der Waals surface area (Å²) < 4.78 is 24.7. The van der Waals surface area contributed by atoms with Crippen LogP contribution in [0.3, 0.4) is 0 Å². The van der Waals surface area contributed by atoms with Crippen molar-refractivity contribution in [2.75, 3.05) is 13.1 Å². The predicted octanol–water partition coefficient (Wildman–Crippen LogP) is -1.86. The van der Waals surface area contributed by atoms with Crippen molar-refractivity contribution in [1.82, 2.24) is 14.5 Å². The summed E-state index contributed by atoms with van der Waals surface area (Å²) in [6.07, 6.45) is 0.400. The zero-order valence-electron chi connectivity index (χ0n) is 7.74. The van der Waals surface area contributed by atoms with Crippen molar-refractivity contribution < 1.29 is 18.6 Å². The topological polar surface area (TPSA) is 107 Å². The van der Waals surface area contributed by atoms with E-state index < -0.39 is 22.2 Å². The first-order valence-corrected chi connectivity index (χ1v) is 5.81. The Morgan fingerprint density at radius 1 is 1.40 bits per heavy atom. The van der Waals surface area contributed by atoms with E-state index in [4.69, 9.17) is 0 Å². The second-order valence-electron chi connectivity index (χ2n) is 3.39. The van der Waals surface area contributed by atoms with E-state index in [-0.39, 0.29) is 18.0 Å². The van der Waals surface area contributed by atoms with E-state index in [0.29, 0.717) is 0 Å². The lowest BCUT2D eigenvalue weighted by molar-refractivity contribution is 0.0572. The van der Waals surface area contributed by atoms with Crippen molar-refractivity contribution >= 4 is 10.0 Å². The fourth-order valence-electron chi connectivity index (χ4n) is 1.46. The zero-order chi connectivity index (χ0) is 11.1. The number of rotatable bonds is 2. The maximum absolute atomic E-state index is 11.8. The molecule has 2 rings (SSSR count). The highest BCUT2D eigenvalue weighted by atomic mass is 32.2. The van der Waals surface area contributed by atoms with Crippen LogP contribution in [-0.4, -0.2) is 58.4 Å². The number of aromatic amines is 1. The summed E-state index contributed by atoms with van der Waals surface area (Å²) in [7, 11) is -3.64. The van der Waals surface area contributed by atoms with Gasteiger partial charge >= 0.3 is 0 Å². The lowest BCUT2D eigenvalue weighted by Crippen LogP contribution is -2.29. The van der Waals surface area contributed by atoms with Gasteiger partial charge in [0, 0.05) is 19.3 Å². The highest BCUT2D eigenvalue weighted by Gasteiger charge is 2.37. The molecule has 0 spiro atoms. The molecule has 0 saturated carbocycles. The first-order chi connectivity index (χ1) is 7.01. The molecular formula is C7H11N3O4S. The van der Waals surface area contributed by atoms with Gasteiger partial charge in [-0.1, -0.05) is 0 Å². The zero-order valence-corrected chi connectivity index (χ0v) is 8.55. The van der Waals surface area contributed by atoms with Crippen LogP contribution in [0.2, 0.25) is 0 Å². The highest BCUT2D eigenvalue weighted by molar-refractivity contribution is 7.89. The standard InChI is InChI=1S/C7H11N3O4S/c11-6-3-10(4-7(6)12)15(13,14)5-1-8-9-2-5/h1-2,6-7,11-12H,3-4H2,(H,8,9)/t6-,7+. The van der Waals surface area contributed by atoms with Gasteiger partial charge in [0.05, 0.1) is 18.4 Å².